The smallest absolute Gasteiger partial charge is 0.242 e. The van der Waals surface area contributed by atoms with Crippen LogP contribution in [0.1, 0.15) is 39.2 Å². The third-order valence-electron chi connectivity index (χ3n) is 5.61. The van der Waals surface area contributed by atoms with Crippen molar-refractivity contribution in [1.29, 1.82) is 0 Å². The van der Waals surface area contributed by atoms with Gasteiger partial charge < -0.3 is 15.0 Å². The molecule has 0 aromatic heterocycles. The number of benzene rings is 2. The molecule has 198 valence electrons. The van der Waals surface area contributed by atoms with Crippen molar-refractivity contribution < 1.29 is 27.1 Å². The minimum absolute atomic E-state index is 0.0268. The van der Waals surface area contributed by atoms with Gasteiger partial charge in [-0.1, -0.05) is 32.0 Å². The highest BCUT2D eigenvalue weighted by molar-refractivity contribution is 7.92. The van der Waals surface area contributed by atoms with Crippen LogP contribution in [0.5, 0.6) is 5.75 Å². The number of ether oxygens (including phenoxy) is 1. The molecule has 0 unspecified atom stereocenters. The van der Waals surface area contributed by atoms with Gasteiger partial charge in [0, 0.05) is 32.1 Å². The first-order chi connectivity index (χ1) is 16.9. The van der Waals surface area contributed by atoms with Crippen LogP contribution in [0, 0.1) is 11.7 Å². The van der Waals surface area contributed by atoms with Gasteiger partial charge in [-0.05, 0) is 49.1 Å². The number of carbonyl (C=O) groups is 2. The first kappa shape index (κ1) is 29.1. The van der Waals surface area contributed by atoms with E-state index in [0.717, 1.165) is 6.26 Å². The summed E-state index contributed by atoms with van der Waals surface area (Å²) in [7, 11) is -2.11. The van der Waals surface area contributed by atoms with E-state index in [0.29, 0.717) is 23.5 Å². The lowest BCUT2D eigenvalue weighted by molar-refractivity contribution is -0.140. The number of hydrogen-bond acceptors (Lipinski definition) is 5. The Kier molecular flexibility index (Phi) is 10.7. The van der Waals surface area contributed by atoms with Crippen molar-refractivity contribution in [3.63, 3.8) is 0 Å². The minimum atomic E-state index is -3.61. The quantitative estimate of drug-likeness (QED) is 0.435. The van der Waals surface area contributed by atoms with E-state index in [1.54, 1.807) is 43.3 Å². The number of hydrogen-bond donors (Lipinski definition) is 1. The maximum atomic E-state index is 13.4. The Balaban J connectivity index is 2.16. The van der Waals surface area contributed by atoms with Gasteiger partial charge in [0.05, 0.1) is 19.1 Å². The van der Waals surface area contributed by atoms with E-state index in [2.05, 4.69) is 5.32 Å². The predicted molar refractivity (Wildman–Crippen MR) is 139 cm³/mol. The number of sulfonamides is 1. The number of halogens is 1. The summed E-state index contributed by atoms with van der Waals surface area (Å²) in [6.07, 6.45) is 1.37. The van der Waals surface area contributed by atoms with Crippen molar-refractivity contribution in [2.24, 2.45) is 5.92 Å². The average Bonchev–Trinajstić information content (AvgIpc) is 2.83. The number of nitrogens with zero attached hydrogens (tertiary/aromatic N) is 2. The van der Waals surface area contributed by atoms with Crippen LogP contribution in [0.4, 0.5) is 10.1 Å². The molecule has 36 heavy (non-hydrogen) atoms. The van der Waals surface area contributed by atoms with E-state index < -0.39 is 21.9 Å². The molecule has 0 aliphatic carbocycles. The molecule has 0 heterocycles. The van der Waals surface area contributed by atoms with Crippen molar-refractivity contribution in [1.82, 2.24) is 10.2 Å². The van der Waals surface area contributed by atoms with Crippen LogP contribution in [0.25, 0.3) is 0 Å². The van der Waals surface area contributed by atoms with Crippen LogP contribution >= 0.6 is 0 Å². The second-order valence-corrected chi connectivity index (χ2v) is 11.0. The number of rotatable bonds is 13. The molecule has 2 aromatic rings. The highest BCUT2D eigenvalue weighted by atomic mass is 32.2. The zero-order valence-corrected chi connectivity index (χ0v) is 22.3. The maximum Gasteiger partial charge on any atom is 0.242 e. The molecule has 0 radical (unpaired) electrons. The summed E-state index contributed by atoms with van der Waals surface area (Å²) in [5, 5.41) is 2.85. The molecule has 0 bridgehead atoms. The van der Waals surface area contributed by atoms with Gasteiger partial charge in [0.2, 0.25) is 21.8 Å². The lowest BCUT2D eigenvalue weighted by Crippen LogP contribution is -2.48. The molecule has 2 rings (SSSR count). The summed E-state index contributed by atoms with van der Waals surface area (Å²) >= 11 is 0. The zero-order valence-electron chi connectivity index (χ0n) is 21.5. The van der Waals surface area contributed by atoms with Crippen LogP contribution < -0.4 is 14.4 Å². The maximum absolute atomic E-state index is 13.4. The Morgan fingerprint density at radius 3 is 2.33 bits per heavy atom. The van der Waals surface area contributed by atoms with Crippen molar-refractivity contribution in [3.05, 3.63) is 59.9 Å². The lowest BCUT2D eigenvalue weighted by atomic mass is 10.1. The molecule has 8 nitrogen and oxygen atoms in total. The van der Waals surface area contributed by atoms with Crippen molar-refractivity contribution in [2.45, 2.75) is 46.2 Å². The third-order valence-corrected chi connectivity index (χ3v) is 6.81. The summed E-state index contributed by atoms with van der Waals surface area (Å²) in [6.45, 7) is 6.28. The fourth-order valence-corrected chi connectivity index (χ4v) is 4.55. The summed E-state index contributed by atoms with van der Waals surface area (Å²) in [6, 6.07) is 11.7. The highest BCUT2D eigenvalue weighted by Gasteiger charge is 2.26. The topological polar surface area (TPSA) is 96.0 Å². The molecule has 0 saturated heterocycles. The molecule has 0 saturated carbocycles. The fraction of sp³-hybridized carbons (Fsp3) is 0.462. The first-order valence-electron chi connectivity index (χ1n) is 11.9. The van der Waals surface area contributed by atoms with Gasteiger partial charge in [-0.2, -0.15) is 0 Å². The van der Waals surface area contributed by atoms with E-state index in [-0.39, 0.29) is 43.7 Å². The van der Waals surface area contributed by atoms with Gasteiger partial charge in [0.1, 0.15) is 17.6 Å². The molecule has 0 spiro atoms. The number of anilines is 1. The molecular weight excluding hydrogens is 485 g/mol. The third kappa shape index (κ3) is 8.82. The molecule has 10 heteroatoms. The second-order valence-electron chi connectivity index (χ2n) is 9.10. The van der Waals surface area contributed by atoms with Gasteiger partial charge in [-0.25, -0.2) is 12.8 Å². The normalized spacial score (nSPS) is 12.2. The molecule has 2 aromatic carbocycles. The average molecular weight is 522 g/mol. The monoisotopic (exact) mass is 521 g/mol. The van der Waals surface area contributed by atoms with Gasteiger partial charge in [-0.3, -0.25) is 13.9 Å². The van der Waals surface area contributed by atoms with E-state index in [4.69, 9.17) is 4.74 Å². The van der Waals surface area contributed by atoms with Crippen molar-refractivity contribution in [3.8, 4) is 5.75 Å². The summed E-state index contributed by atoms with van der Waals surface area (Å²) in [4.78, 5) is 27.4. The molecule has 2 amide bonds. The Labute approximate surface area is 213 Å². The van der Waals surface area contributed by atoms with E-state index in [1.807, 2.05) is 13.8 Å². The van der Waals surface area contributed by atoms with E-state index in [9.17, 15) is 22.4 Å². The van der Waals surface area contributed by atoms with Gasteiger partial charge in [-0.15, -0.1) is 0 Å². The fourth-order valence-electron chi connectivity index (χ4n) is 3.59. The van der Waals surface area contributed by atoms with Crippen molar-refractivity contribution in [2.75, 3.05) is 30.8 Å². The molecule has 0 fully saturated rings. The van der Waals surface area contributed by atoms with Crippen LogP contribution in [0.15, 0.2) is 48.5 Å². The highest BCUT2D eigenvalue weighted by Crippen LogP contribution is 2.24. The Morgan fingerprint density at radius 1 is 1.08 bits per heavy atom. The number of carbonyl (C=O) groups excluding carboxylic acids is 2. The number of amides is 2. The Hall–Kier alpha value is -3.14. The SMILES string of the molecule is COc1cccc(N(CCCC(=O)N(Cc2ccc(F)cc2)[C@@H](C)C(=O)NCC(C)C)S(C)(=O)=O)c1. The predicted octanol–water partition coefficient (Wildman–Crippen LogP) is 3.57. The molecule has 1 N–H and O–H groups in total. The zero-order chi connectivity index (χ0) is 26.9. The Bertz CT molecular complexity index is 1120. The molecule has 0 aliphatic rings. The van der Waals surface area contributed by atoms with Gasteiger partial charge >= 0.3 is 0 Å². The largest absolute Gasteiger partial charge is 0.497 e. The van der Waals surface area contributed by atoms with Crippen molar-refractivity contribution >= 4 is 27.5 Å². The van der Waals surface area contributed by atoms with Crippen LogP contribution in [0.3, 0.4) is 0 Å². The van der Waals surface area contributed by atoms with Crippen LogP contribution in [-0.2, 0) is 26.2 Å². The number of methoxy groups -OCH3 is 1. The molecule has 0 aliphatic heterocycles. The number of nitrogens with one attached hydrogen (secondary N) is 1. The van der Waals surface area contributed by atoms with Gasteiger partial charge in [0.15, 0.2) is 0 Å². The summed E-state index contributed by atoms with van der Waals surface area (Å²) in [5.74, 6) is -0.207. The Morgan fingerprint density at radius 2 is 1.75 bits per heavy atom. The van der Waals surface area contributed by atoms with E-state index in [1.165, 1.54) is 28.4 Å². The van der Waals surface area contributed by atoms with Gasteiger partial charge in [0.25, 0.3) is 0 Å². The molecule has 1 atom stereocenters. The summed E-state index contributed by atoms with van der Waals surface area (Å²) in [5.41, 5.74) is 1.12. The minimum Gasteiger partial charge on any atom is -0.497 e. The van der Waals surface area contributed by atoms with Crippen LogP contribution in [0.2, 0.25) is 0 Å². The standard InChI is InChI=1S/C26H36FN3O5S/c1-19(2)17-28-26(32)20(3)29(18-21-11-13-22(27)14-12-21)25(31)10-7-15-30(36(5,33)34)23-8-6-9-24(16-23)35-4/h6,8-9,11-14,16,19-20H,7,10,15,17-18H2,1-5H3,(H,28,32)/t20-/m0/s1. The lowest BCUT2D eigenvalue weighted by Gasteiger charge is -2.29. The first-order valence-corrected chi connectivity index (χ1v) is 13.7. The summed E-state index contributed by atoms with van der Waals surface area (Å²) < 4.78 is 44.7. The van der Waals surface area contributed by atoms with Crippen LogP contribution in [-0.4, -0.2) is 57.6 Å². The van der Waals surface area contributed by atoms with E-state index >= 15 is 0 Å². The molecular formula is C26H36FN3O5S. The second kappa shape index (κ2) is 13.2.